The zero-order valence-corrected chi connectivity index (χ0v) is 9.77. The highest BCUT2D eigenvalue weighted by atomic mass is 16.1. The molecular formula is C11H22N4O. The number of carbonyl (C=O) groups excluding carboxylic acids is 1. The van der Waals surface area contributed by atoms with Crippen LogP contribution in [0.4, 0.5) is 0 Å². The van der Waals surface area contributed by atoms with Crippen LogP contribution in [-0.4, -0.2) is 60.5 Å². The molecule has 1 amide bonds. The standard InChI is InChI=1S/C11H22N4O/c12-7-10(6-11(13)16)15-5-4-14-3-1-2-9(14)8-15/h9-10H,1-8,12H2,(H2,13,16). The molecule has 5 nitrogen and oxygen atoms in total. The molecule has 2 saturated heterocycles. The highest BCUT2D eigenvalue weighted by Crippen LogP contribution is 2.22. The highest BCUT2D eigenvalue weighted by Gasteiger charge is 2.33. The Kier molecular flexibility index (Phi) is 3.78. The second-order valence-corrected chi connectivity index (χ2v) is 4.89. The molecule has 2 unspecified atom stereocenters. The maximum Gasteiger partial charge on any atom is 0.219 e. The van der Waals surface area contributed by atoms with E-state index in [4.69, 9.17) is 11.5 Å². The Morgan fingerprint density at radius 2 is 2.19 bits per heavy atom. The number of hydrogen-bond acceptors (Lipinski definition) is 4. The SMILES string of the molecule is NCC(CC(N)=O)N1CCN2CCCC2C1. The summed E-state index contributed by atoms with van der Waals surface area (Å²) in [5.41, 5.74) is 11.0. The second-order valence-electron chi connectivity index (χ2n) is 4.89. The number of nitrogens with two attached hydrogens (primary N) is 2. The molecule has 0 spiro atoms. The lowest BCUT2D eigenvalue weighted by molar-refractivity contribution is -0.119. The van der Waals surface area contributed by atoms with E-state index < -0.39 is 0 Å². The topological polar surface area (TPSA) is 75.6 Å². The summed E-state index contributed by atoms with van der Waals surface area (Å²) >= 11 is 0. The van der Waals surface area contributed by atoms with E-state index in [-0.39, 0.29) is 11.9 Å². The molecule has 2 aliphatic heterocycles. The lowest BCUT2D eigenvalue weighted by atomic mass is 10.1. The third kappa shape index (κ3) is 2.53. The van der Waals surface area contributed by atoms with Crippen molar-refractivity contribution in [3.63, 3.8) is 0 Å². The Bertz CT molecular complexity index is 258. The molecule has 16 heavy (non-hydrogen) atoms. The zero-order valence-electron chi connectivity index (χ0n) is 9.77. The van der Waals surface area contributed by atoms with Gasteiger partial charge < -0.3 is 11.5 Å². The number of piperazine rings is 1. The van der Waals surface area contributed by atoms with E-state index in [0.717, 1.165) is 19.6 Å². The van der Waals surface area contributed by atoms with Crippen molar-refractivity contribution in [1.82, 2.24) is 9.80 Å². The van der Waals surface area contributed by atoms with Crippen molar-refractivity contribution in [2.45, 2.75) is 31.3 Å². The van der Waals surface area contributed by atoms with Gasteiger partial charge >= 0.3 is 0 Å². The zero-order chi connectivity index (χ0) is 11.5. The second kappa shape index (κ2) is 5.12. The van der Waals surface area contributed by atoms with Gasteiger partial charge in [0, 0.05) is 44.7 Å². The Balaban J connectivity index is 1.91. The van der Waals surface area contributed by atoms with Gasteiger partial charge in [-0.15, -0.1) is 0 Å². The fraction of sp³-hybridized carbons (Fsp3) is 0.909. The van der Waals surface area contributed by atoms with Crippen molar-refractivity contribution in [2.24, 2.45) is 11.5 Å². The molecule has 5 heteroatoms. The summed E-state index contributed by atoms with van der Waals surface area (Å²) in [6.45, 7) is 4.94. The minimum atomic E-state index is -0.246. The molecule has 2 aliphatic rings. The highest BCUT2D eigenvalue weighted by molar-refractivity contribution is 5.74. The van der Waals surface area contributed by atoms with Crippen LogP contribution in [0, 0.1) is 0 Å². The van der Waals surface area contributed by atoms with E-state index in [1.165, 1.54) is 19.4 Å². The van der Waals surface area contributed by atoms with Gasteiger partial charge in [0.2, 0.25) is 5.91 Å². The smallest absolute Gasteiger partial charge is 0.219 e. The molecule has 0 bridgehead atoms. The van der Waals surface area contributed by atoms with Gasteiger partial charge in [0.1, 0.15) is 0 Å². The average molecular weight is 226 g/mol. The summed E-state index contributed by atoms with van der Waals surface area (Å²) in [5.74, 6) is -0.246. The summed E-state index contributed by atoms with van der Waals surface area (Å²) in [7, 11) is 0. The van der Waals surface area contributed by atoms with E-state index in [1.54, 1.807) is 0 Å². The molecule has 0 aromatic rings. The number of primary amides is 1. The lowest BCUT2D eigenvalue weighted by Crippen LogP contribution is -2.55. The van der Waals surface area contributed by atoms with Crippen LogP contribution in [0.2, 0.25) is 0 Å². The fourth-order valence-corrected chi connectivity index (χ4v) is 2.94. The number of carbonyl (C=O) groups is 1. The van der Waals surface area contributed by atoms with Crippen LogP contribution in [0.5, 0.6) is 0 Å². The van der Waals surface area contributed by atoms with Gasteiger partial charge in [-0.1, -0.05) is 0 Å². The van der Waals surface area contributed by atoms with Crippen LogP contribution < -0.4 is 11.5 Å². The molecule has 0 aromatic heterocycles. The molecule has 0 saturated carbocycles. The lowest BCUT2D eigenvalue weighted by Gasteiger charge is -2.41. The number of rotatable bonds is 4. The van der Waals surface area contributed by atoms with Crippen LogP contribution in [0.3, 0.4) is 0 Å². The molecule has 4 N–H and O–H groups in total. The minimum absolute atomic E-state index is 0.139. The summed E-state index contributed by atoms with van der Waals surface area (Å²) in [6.07, 6.45) is 2.98. The summed E-state index contributed by atoms with van der Waals surface area (Å²) in [4.78, 5) is 15.9. The maximum atomic E-state index is 11.0. The van der Waals surface area contributed by atoms with Gasteiger partial charge in [0.15, 0.2) is 0 Å². The monoisotopic (exact) mass is 226 g/mol. The van der Waals surface area contributed by atoms with Crippen molar-refractivity contribution < 1.29 is 4.79 Å². The quantitative estimate of drug-likeness (QED) is 0.642. The number of nitrogens with zero attached hydrogens (tertiary/aromatic N) is 2. The first kappa shape index (κ1) is 11.8. The molecule has 92 valence electrons. The van der Waals surface area contributed by atoms with Crippen molar-refractivity contribution in [3.05, 3.63) is 0 Å². The number of amides is 1. The summed E-state index contributed by atoms with van der Waals surface area (Å²) in [6, 6.07) is 0.816. The maximum absolute atomic E-state index is 11.0. The third-order valence-electron chi connectivity index (χ3n) is 3.84. The predicted octanol–water partition coefficient (Wildman–Crippen LogP) is -1.03. The van der Waals surface area contributed by atoms with E-state index >= 15 is 0 Å². The van der Waals surface area contributed by atoms with Crippen molar-refractivity contribution in [1.29, 1.82) is 0 Å². The predicted molar refractivity (Wildman–Crippen MR) is 62.8 cm³/mol. The summed E-state index contributed by atoms with van der Waals surface area (Å²) < 4.78 is 0. The number of fused-ring (bicyclic) bond motifs is 1. The molecule has 2 atom stereocenters. The van der Waals surface area contributed by atoms with E-state index in [9.17, 15) is 4.79 Å². The normalized spacial score (nSPS) is 28.9. The summed E-state index contributed by atoms with van der Waals surface area (Å²) in [5, 5.41) is 0. The van der Waals surface area contributed by atoms with Gasteiger partial charge in [-0.05, 0) is 19.4 Å². The average Bonchev–Trinajstić information content (AvgIpc) is 2.72. The Morgan fingerprint density at radius 3 is 2.88 bits per heavy atom. The first-order valence-corrected chi connectivity index (χ1v) is 6.17. The van der Waals surface area contributed by atoms with Crippen LogP contribution >= 0.6 is 0 Å². The molecule has 2 heterocycles. The Hall–Kier alpha value is -0.650. The van der Waals surface area contributed by atoms with Crippen LogP contribution in [0.25, 0.3) is 0 Å². The van der Waals surface area contributed by atoms with Crippen LogP contribution in [-0.2, 0) is 4.79 Å². The van der Waals surface area contributed by atoms with Gasteiger partial charge in [0.05, 0.1) is 0 Å². The Morgan fingerprint density at radius 1 is 1.38 bits per heavy atom. The molecule has 0 aromatic carbocycles. The molecule has 0 radical (unpaired) electrons. The van der Waals surface area contributed by atoms with E-state index in [2.05, 4.69) is 9.80 Å². The van der Waals surface area contributed by atoms with Gasteiger partial charge in [0.25, 0.3) is 0 Å². The van der Waals surface area contributed by atoms with Crippen molar-refractivity contribution >= 4 is 5.91 Å². The van der Waals surface area contributed by atoms with Gasteiger partial charge in [-0.2, -0.15) is 0 Å². The minimum Gasteiger partial charge on any atom is -0.370 e. The first-order valence-electron chi connectivity index (χ1n) is 6.17. The van der Waals surface area contributed by atoms with E-state index in [0.29, 0.717) is 19.0 Å². The third-order valence-corrected chi connectivity index (χ3v) is 3.84. The molecule has 2 rings (SSSR count). The van der Waals surface area contributed by atoms with Crippen molar-refractivity contribution in [3.8, 4) is 0 Å². The van der Waals surface area contributed by atoms with Gasteiger partial charge in [-0.25, -0.2) is 0 Å². The van der Waals surface area contributed by atoms with Crippen LogP contribution in [0.15, 0.2) is 0 Å². The van der Waals surface area contributed by atoms with Gasteiger partial charge in [-0.3, -0.25) is 14.6 Å². The van der Waals surface area contributed by atoms with E-state index in [1.807, 2.05) is 0 Å². The molecule has 2 fully saturated rings. The molecular weight excluding hydrogens is 204 g/mol. The molecule has 0 aliphatic carbocycles. The van der Waals surface area contributed by atoms with Crippen molar-refractivity contribution in [2.75, 3.05) is 32.7 Å². The van der Waals surface area contributed by atoms with Crippen LogP contribution in [0.1, 0.15) is 19.3 Å². The largest absolute Gasteiger partial charge is 0.370 e. The first-order chi connectivity index (χ1) is 7.70. The number of hydrogen-bond donors (Lipinski definition) is 2. The fourth-order valence-electron chi connectivity index (χ4n) is 2.94. The Labute approximate surface area is 96.7 Å².